The van der Waals surface area contributed by atoms with Crippen LogP contribution in [0, 0.1) is 0 Å². The highest BCUT2D eigenvalue weighted by Gasteiger charge is 2.42. The molecule has 5 nitrogen and oxygen atoms in total. The van der Waals surface area contributed by atoms with E-state index in [1.54, 1.807) is 31.3 Å². The average molecular weight is 424 g/mol. The molecule has 0 aromatic heterocycles. The van der Waals surface area contributed by atoms with Crippen LogP contribution >= 0.6 is 23.4 Å². The summed E-state index contributed by atoms with van der Waals surface area (Å²) in [5.74, 6) is 0. The zero-order chi connectivity index (χ0) is 18.9. The highest BCUT2D eigenvalue weighted by molar-refractivity contribution is 8.27. The zero-order valence-corrected chi connectivity index (χ0v) is 16.1. The maximum absolute atomic E-state index is 13.1. The minimum absolute atomic E-state index is 0. The van der Waals surface area contributed by atoms with Crippen molar-refractivity contribution in [1.29, 1.82) is 0 Å². The van der Waals surface area contributed by atoms with E-state index in [2.05, 4.69) is 5.32 Å². The van der Waals surface area contributed by atoms with E-state index in [9.17, 15) is 22.3 Å². The fraction of sp³-hybridized carbons (Fsp3) is 0.294. The Bertz CT molecular complexity index is 792. The lowest BCUT2D eigenvalue weighted by molar-refractivity contribution is -0.137. The molecule has 0 atom stereocenters. The molecule has 0 aliphatic carbocycles. The number of nitrogens with one attached hydrogen (secondary N) is 1. The van der Waals surface area contributed by atoms with Gasteiger partial charge in [0.05, 0.1) is 22.6 Å². The molecule has 3 N–H and O–H groups in total. The average Bonchev–Trinajstić information content (AvgIpc) is 2.81. The van der Waals surface area contributed by atoms with Gasteiger partial charge in [-0.3, -0.25) is 13.4 Å². The predicted octanol–water partition coefficient (Wildman–Crippen LogP) is 5.28. The molecule has 0 saturated carbocycles. The molecule has 3 rings (SSSR count). The zero-order valence-electron chi connectivity index (χ0n) is 14.5. The van der Waals surface area contributed by atoms with Crippen molar-refractivity contribution < 1.29 is 22.3 Å². The number of hydrogen-bond acceptors (Lipinski definition) is 5. The number of para-hydroxylation sites is 2. The molecule has 0 unspecified atom stereocenters. The highest BCUT2D eigenvalue weighted by atomic mass is 35.5. The van der Waals surface area contributed by atoms with Crippen LogP contribution in [0.15, 0.2) is 48.5 Å². The van der Waals surface area contributed by atoms with Gasteiger partial charge in [-0.1, -0.05) is 18.2 Å². The lowest BCUT2D eigenvalue weighted by Gasteiger charge is -2.44. The van der Waals surface area contributed by atoms with E-state index in [-0.39, 0.29) is 18.1 Å². The van der Waals surface area contributed by atoms with Crippen LogP contribution in [0.2, 0.25) is 0 Å². The lowest BCUT2D eigenvalue weighted by Crippen LogP contribution is -2.33. The van der Waals surface area contributed by atoms with E-state index in [1.165, 1.54) is 20.7 Å². The largest absolute Gasteiger partial charge is 0.416 e. The van der Waals surface area contributed by atoms with Crippen molar-refractivity contribution in [2.45, 2.75) is 12.6 Å². The first-order valence-corrected chi connectivity index (χ1v) is 9.50. The normalized spacial score (nSPS) is 16.7. The fourth-order valence-corrected chi connectivity index (χ4v) is 4.74. The molecule has 150 valence electrons. The Morgan fingerprint density at radius 3 is 2.33 bits per heavy atom. The predicted molar refractivity (Wildman–Crippen MR) is 106 cm³/mol. The standard InChI is InChI=1S/C17H20F3N3O2S.ClH/c1-21-10-5-11-22-15-8-2-3-9-16(15)23(26(22,24)25)14-7-4-6-13(12-14)17(18,19)20;/h2-4,6-9,12,21,24-25H,5,10-11H2,1H3;1H. The van der Waals surface area contributed by atoms with Gasteiger partial charge in [-0.05, 0) is 61.3 Å². The third-order valence-electron chi connectivity index (χ3n) is 4.11. The second-order valence-corrected chi connectivity index (χ2v) is 7.67. The number of anilines is 3. The molecular weight excluding hydrogens is 403 g/mol. The van der Waals surface area contributed by atoms with Gasteiger partial charge in [-0.15, -0.1) is 12.4 Å². The van der Waals surface area contributed by atoms with Crippen LogP contribution in [-0.4, -0.2) is 29.2 Å². The van der Waals surface area contributed by atoms with Gasteiger partial charge in [-0.2, -0.15) is 13.2 Å². The van der Waals surface area contributed by atoms with E-state index in [0.717, 1.165) is 12.1 Å². The van der Waals surface area contributed by atoms with Crippen LogP contribution < -0.4 is 13.9 Å². The van der Waals surface area contributed by atoms with Gasteiger partial charge in [0, 0.05) is 6.54 Å². The first-order chi connectivity index (χ1) is 12.3. The van der Waals surface area contributed by atoms with E-state index < -0.39 is 22.7 Å². The summed E-state index contributed by atoms with van der Waals surface area (Å²) in [6.45, 7) is 1.04. The second kappa shape index (κ2) is 8.15. The molecule has 2 aromatic rings. The van der Waals surface area contributed by atoms with Crippen LogP contribution in [0.3, 0.4) is 0 Å². The fourth-order valence-electron chi connectivity index (χ4n) is 2.94. The summed E-state index contributed by atoms with van der Waals surface area (Å²) in [5, 5.41) is 2.99. The first kappa shape index (κ1) is 21.6. The van der Waals surface area contributed by atoms with Crippen molar-refractivity contribution in [2.24, 2.45) is 0 Å². The van der Waals surface area contributed by atoms with Crippen LogP contribution in [0.5, 0.6) is 0 Å². The first-order valence-electron chi connectivity index (χ1n) is 8.04. The summed E-state index contributed by atoms with van der Waals surface area (Å²) in [5.41, 5.74) is 0.303. The minimum Gasteiger partial charge on any atom is -0.320 e. The molecule has 10 heteroatoms. The Labute approximate surface area is 163 Å². The maximum Gasteiger partial charge on any atom is 0.416 e. The van der Waals surface area contributed by atoms with Crippen LogP contribution in [0.1, 0.15) is 12.0 Å². The molecule has 1 heterocycles. The summed E-state index contributed by atoms with van der Waals surface area (Å²) in [6.07, 6.45) is -3.86. The maximum atomic E-state index is 13.1. The van der Waals surface area contributed by atoms with E-state index >= 15 is 0 Å². The van der Waals surface area contributed by atoms with Gasteiger partial charge in [-0.25, -0.2) is 4.31 Å². The molecule has 0 radical (unpaired) electrons. The van der Waals surface area contributed by atoms with Gasteiger partial charge in [0.1, 0.15) is 0 Å². The topological polar surface area (TPSA) is 59.0 Å². The Hall–Kier alpha value is -1.65. The molecule has 0 amide bonds. The van der Waals surface area contributed by atoms with Crippen molar-refractivity contribution in [3.63, 3.8) is 0 Å². The van der Waals surface area contributed by atoms with Crippen LogP contribution in [0.4, 0.5) is 30.2 Å². The van der Waals surface area contributed by atoms with Crippen molar-refractivity contribution in [2.75, 3.05) is 28.7 Å². The smallest absolute Gasteiger partial charge is 0.320 e. The van der Waals surface area contributed by atoms with Gasteiger partial charge in [0.2, 0.25) is 0 Å². The third-order valence-corrected chi connectivity index (χ3v) is 5.97. The molecule has 0 saturated heterocycles. The Morgan fingerprint density at radius 2 is 1.70 bits per heavy atom. The van der Waals surface area contributed by atoms with Crippen molar-refractivity contribution in [3.05, 3.63) is 54.1 Å². The molecule has 27 heavy (non-hydrogen) atoms. The van der Waals surface area contributed by atoms with Crippen molar-refractivity contribution >= 4 is 40.4 Å². The quantitative estimate of drug-likeness (QED) is 0.571. The number of hydrogen-bond donors (Lipinski definition) is 3. The molecule has 1 aliphatic rings. The Morgan fingerprint density at radius 1 is 1.04 bits per heavy atom. The second-order valence-electron chi connectivity index (χ2n) is 5.88. The molecule has 0 fully saturated rings. The number of halogens is 4. The van der Waals surface area contributed by atoms with Crippen LogP contribution in [-0.2, 0) is 6.18 Å². The summed E-state index contributed by atoms with van der Waals surface area (Å²) < 4.78 is 63.6. The molecule has 0 spiro atoms. The number of alkyl halides is 3. The highest BCUT2D eigenvalue weighted by Crippen LogP contribution is 2.64. The van der Waals surface area contributed by atoms with Crippen molar-refractivity contribution in [1.82, 2.24) is 5.32 Å². The minimum atomic E-state index is -4.51. The number of nitrogens with zero attached hydrogens (tertiary/aromatic N) is 2. The SMILES string of the molecule is CNCCCN1c2ccccc2N(c2cccc(C(F)(F)F)c2)S1(O)O.Cl. The van der Waals surface area contributed by atoms with Crippen molar-refractivity contribution in [3.8, 4) is 0 Å². The molecule has 0 bridgehead atoms. The summed E-state index contributed by atoms with van der Waals surface area (Å²) in [7, 11) is -1.71. The lowest BCUT2D eigenvalue weighted by atomic mass is 10.2. The summed E-state index contributed by atoms with van der Waals surface area (Å²) in [6, 6.07) is 11.5. The summed E-state index contributed by atoms with van der Waals surface area (Å²) in [4.78, 5) is 0. The number of fused-ring (bicyclic) bond motifs is 1. The molecule has 2 aromatic carbocycles. The van der Waals surface area contributed by atoms with Crippen LogP contribution in [0.25, 0.3) is 0 Å². The number of rotatable bonds is 5. The summed E-state index contributed by atoms with van der Waals surface area (Å²) >= 11 is 0. The molecule has 1 aliphatic heterocycles. The molecular formula is C17H21ClF3N3O2S. The monoisotopic (exact) mass is 423 g/mol. The third kappa shape index (κ3) is 4.12. The van der Waals surface area contributed by atoms with E-state index in [1.807, 2.05) is 0 Å². The van der Waals surface area contributed by atoms with Gasteiger partial charge in [0.15, 0.2) is 0 Å². The van der Waals surface area contributed by atoms with Gasteiger partial charge >= 0.3 is 6.18 Å². The Balaban J connectivity index is 0.00000261. The van der Waals surface area contributed by atoms with Gasteiger partial charge in [0.25, 0.3) is 0 Å². The van der Waals surface area contributed by atoms with Gasteiger partial charge < -0.3 is 5.32 Å². The van der Waals surface area contributed by atoms with E-state index in [4.69, 9.17) is 0 Å². The number of benzene rings is 2. The van der Waals surface area contributed by atoms with E-state index in [0.29, 0.717) is 30.9 Å². The Kier molecular flexibility index (Phi) is 6.54.